The summed E-state index contributed by atoms with van der Waals surface area (Å²) < 4.78 is 5.81. The van der Waals surface area contributed by atoms with Crippen LogP contribution < -0.4 is 11.1 Å². The molecule has 0 spiro atoms. The van der Waals surface area contributed by atoms with Crippen LogP contribution in [0.25, 0.3) is 0 Å². The van der Waals surface area contributed by atoms with E-state index < -0.39 is 0 Å². The number of likely N-dealkylation sites (N-methyl/N-ethyl adjacent to an activating group) is 1. The van der Waals surface area contributed by atoms with Crippen molar-refractivity contribution in [2.75, 3.05) is 13.2 Å². The Labute approximate surface area is 97.9 Å². The molecule has 1 aliphatic rings. The molecule has 1 fully saturated rings. The summed E-state index contributed by atoms with van der Waals surface area (Å²) in [4.78, 5) is 11.1. The minimum Gasteiger partial charge on any atom is -0.376 e. The molecular weight excluding hydrogens is 204 g/mol. The van der Waals surface area contributed by atoms with Crippen LogP contribution in [0.15, 0.2) is 0 Å². The predicted octanol–water partition coefficient (Wildman–Crippen LogP) is 1.05. The van der Waals surface area contributed by atoms with Gasteiger partial charge >= 0.3 is 0 Å². The van der Waals surface area contributed by atoms with E-state index in [1.54, 1.807) is 0 Å². The highest BCUT2D eigenvalue weighted by Crippen LogP contribution is 2.26. The van der Waals surface area contributed by atoms with Gasteiger partial charge in [0.15, 0.2) is 0 Å². The third kappa shape index (κ3) is 4.10. The van der Waals surface area contributed by atoms with Crippen molar-refractivity contribution in [1.82, 2.24) is 5.32 Å². The number of rotatable bonds is 6. The molecule has 0 aliphatic heterocycles. The molecule has 3 unspecified atom stereocenters. The molecule has 16 heavy (non-hydrogen) atoms. The summed E-state index contributed by atoms with van der Waals surface area (Å²) in [5.74, 6) is 0.272. The topological polar surface area (TPSA) is 64.3 Å². The van der Waals surface area contributed by atoms with Gasteiger partial charge in [-0.15, -0.1) is 0 Å². The molecule has 3 atom stereocenters. The molecule has 4 heteroatoms. The summed E-state index contributed by atoms with van der Waals surface area (Å²) in [6.07, 6.45) is 5.17. The summed E-state index contributed by atoms with van der Waals surface area (Å²) in [5.41, 5.74) is 5.29. The molecule has 0 aromatic heterocycles. The van der Waals surface area contributed by atoms with E-state index >= 15 is 0 Å². The summed E-state index contributed by atoms with van der Waals surface area (Å²) >= 11 is 0. The molecule has 3 N–H and O–H groups in total. The average Bonchev–Trinajstić information content (AvgIpc) is 2.26. The number of hydrogen-bond acceptors (Lipinski definition) is 3. The Morgan fingerprint density at radius 1 is 1.50 bits per heavy atom. The number of amides is 1. The Balaban J connectivity index is 2.32. The number of carbonyl (C=O) groups excluding carboxylic acids is 1. The van der Waals surface area contributed by atoms with Crippen LogP contribution in [0.2, 0.25) is 0 Å². The van der Waals surface area contributed by atoms with Crippen molar-refractivity contribution in [3.8, 4) is 0 Å². The van der Waals surface area contributed by atoms with Crippen molar-refractivity contribution in [2.45, 2.75) is 51.7 Å². The largest absolute Gasteiger partial charge is 0.376 e. The fourth-order valence-electron chi connectivity index (χ4n) is 2.24. The Kier molecular flexibility index (Phi) is 5.77. The van der Waals surface area contributed by atoms with Crippen LogP contribution >= 0.6 is 0 Å². The van der Waals surface area contributed by atoms with Gasteiger partial charge in [0, 0.05) is 0 Å². The lowest BCUT2D eigenvalue weighted by Gasteiger charge is -2.30. The van der Waals surface area contributed by atoms with Gasteiger partial charge in [-0.25, -0.2) is 0 Å². The van der Waals surface area contributed by atoms with Gasteiger partial charge in [-0.05, 0) is 25.3 Å². The Bertz CT molecular complexity index is 221. The van der Waals surface area contributed by atoms with Crippen molar-refractivity contribution in [2.24, 2.45) is 11.7 Å². The highest BCUT2D eigenvalue weighted by atomic mass is 16.5. The van der Waals surface area contributed by atoms with E-state index in [-0.39, 0.29) is 11.9 Å². The van der Waals surface area contributed by atoms with Crippen molar-refractivity contribution in [3.63, 3.8) is 0 Å². The van der Waals surface area contributed by atoms with Crippen LogP contribution in [-0.4, -0.2) is 31.2 Å². The smallest absolute Gasteiger partial charge is 0.236 e. The molecular formula is C12H24N2O2. The predicted molar refractivity (Wildman–Crippen MR) is 64.0 cm³/mol. The number of ether oxygens (including phenoxy) is 1. The van der Waals surface area contributed by atoms with Crippen LogP contribution in [0, 0.1) is 5.92 Å². The maximum atomic E-state index is 11.1. The molecule has 0 heterocycles. The average molecular weight is 228 g/mol. The SMILES string of the molecule is CCNC(COC1CCCCC1C)C(N)=O. The van der Waals surface area contributed by atoms with E-state index in [0.29, 0.717) is 18.6 Å². The molecule has 1 rings (SSSR count). The Morgan fingerprint density at radius 2 is 2.19 bits per heavy atom. The zero-order chi connectivity index (χ0) is 12.0. The van der Waals surface area contributed by atoms with Gasteiger partial charge in [0.25, 0.3) is 0 Å². The van der Waals surface area contributed by atoms with Crippen molar-refractivity contribution in [1.29, 1.82) is 0 Å². The lowest BCUT2D eigenvalue weighted by Crippen LogP contribution is -2.45. The molecule has 1 saturated carbocycles. The van der Waals surface area contributed by atoms with Crippen molar-refractivity contribution in [3.05, 3.63) is 0 Å². The van der Waals surface area contributed by atoms with E-state index in [1.807, 2.05) is 6.92 Å². The van der Waals surface area contributed by atoms with E-state index in [4.69, 9.17) is 10.5 Å². The first kappa shape index (κ1) is 13.5. The van der Waals surface area contributed by atoms with Gasteiger partial charge in [-0.1, -0.05) is 26.7 Å². The minimum atomic E-state index is -0.348. The monoisotopic (exact) mass is 228 g/mol. The van der Waals surface area contributed by atoms with Crippen LogP contribution in [-0.2, 0) is 9.53 Å². The molecule has 0 aromatic rings. The molecule has 0 radical (unpaired) electrons. The quantitative estimate of drug-likeness (QED) is 0.714. The Morgan fingerprint density at radius 3 is 2.75 bits per heavy atom. The molecule has 0 saturated heterocycles. The molecule has 0 bridgehead atoms. The molecule has 1 aliphatic carbocycles. The number of primary amides is 1. The van der Waals surface area contributed by atoms with Crippen molar-refractivity contribution < 1.29 is 9.53 Å². The van der Waals surface area contributed by atoms with E-state index in [1.165, 1.54) is 19.3 Å². The maximum absolute atomic E-state index is 11.1. The minimum absolute atomic E-state index is 0.300. The fourth-order valence-corrected chi connectivity index (χ4v) is 2.24. The summed E-state index contributed by atoms with van der Waals surface area (Å²) in [7, 11) is 0. The zero-order valence-electron chi connectivity index (χ0n) is 10.4. The van der Waals surface area contributed by atoms with Gasteiger partial charge in [0.05, 0.1) is 12.7 Å². The van der Waals surface area contributed by atoms with Crippen LogP contribution in [0.3, 0.4) is 0 Å². The van der Waals surface area contributed by atoms with E-state index in [0.717, 1.165) is 13.0 Å². The molecule has 1 amide bonds. The lowest BCUT2D eigenvalue weighted by atomic mass is 9.88. The van der Waals surface area contributed by atoms with Crippen LogP contribution in [0.4, 0.5) is 0 Å². The summed E-state index contributed by atoms with van der Waals surface area (Å²) in [5, 5.41) is 3.04. The normalized spacial score (nSPS) is 27.6. The summed E-state index contributed by atoms with van der Waals surface area (Å²) in [6.45, 7) is 5.31. The van der Waals surface area contributed by atoms with Gasteiger partial charge in [-0.2, -0.15) is 0 Å². The first-order valence-corrected chi connectivity index (χ1v) is 6.29. The zero-order valence-corrected chi connectivity index (χ0v) is 10.4. The molecule has 94 valence electrons. The second-order valence-corrected chi connectivity index (χ2v) is 4.65. The number of nitrogens with two attached hydrogens (primary N) is 1. The molecule has 4 nitrogen and oxygen atoms in total. The lowest BCUT2D eigenvalue weighted by molar-refractivity contribution is -0.122. The van der Waals surface area contributed by atoms with Gasteiger partial charge < -0.3 is 15.8 Å². The number of hydrogen-bond donors (Lipinski definition) is 2. The Hall–Kier alpha value is -0.610. The standard InChI is InChI=1S/C12H24N2O2/c1-3-14-10(12(13)15)8-16-11-7-5-4-6-9(11)2/h9-11,14H,3-8H2,1-2H3,(H2,13,15). The van der Waals surface area contributed by atoms with Crippen LogP contribution in [0.1, 0.15) is 39.5 Å². The third-order valence-electron chi connectivity index (χ3n) is 3.30. The van der Waals surface area contributed by atoms with Crippen LogP contribution in [0.5, 0.6) is 0 Å². The highest BCUT2D eigenvalue weighted by Gasteiger charge is 2.24. The fraction of sp³-hybridized carbons (Fsp3) is 0.917. The van der Waals surface area contributed by atoms with E-state index in [2.05, 4.69) is 12.2 Å². The van der Waals surface area contributed by atoms with Crippen molar-refractivity contribution >= 4 is 5.91 Å². The maximum Gasteiger partial charge on any atom is 0.236 e. The van der Waals surface area contributed by atoms with E-state index in [9.17, 15) is 4.79 Å². The second-order valence-electron chi connectivity index (χ2n) is 4.65. The highest BCUT2D eigenvalue weighted by molar-refractivity contribution is 5.79. The van der Waals surface area contributed by atoms with Gasteiger partial charge in [0.1, 0.15) is 6.04 Å². The third-order valence-corrected chi connectivity index (χ3v) is 3.30. The van der Waals surface area contributed by atoms with Gasteiger partial charge in [0.2, 0.25) is 5.91 Å². The summed E-state index contributed by atoms with van der Waals surface area (Å²) in [6, 6.07) is -0.348. The number of nitrogens with one attached hydrogen (secondary N) is 1. The molecule has 0 aromatic carbocycles. The number of carbonyl (C=O) groups is 1. The van der Waals surface area contributed by atoms with Gasteiger partial charge in [-0.3, -0.25) is 4.79 Å². The first-order valence-electron chi connectivity index (χ1n) is 6.29. The second kappa shape index (κ2) is 6.86. The first-order chi connectivity index (χ1) is 7.65.